The maximum Gasteiger partial charge on any atom is 0.00624 e. The molecule has 0 aliphatic heterocycles. The van der Waals surface area contributed by atoms with Crippen molar-refractivity contribution in [3.8, 4) is 0 Å². The summed E-state index contributed by atoms with van der Waals surface area (Å²) in [6.07, 6.45) is 9.86. The summed E-state index contributed by atoms with van der Waals surface area (Å²) in [6.45, 7) is 0. The third-order valence-electron chi connectivity index (χ3n) is 3.47. The van der Waals surface area contributed by atoms with Crippen molar-refractivity contribution < 1.29 is 0 Å². The molecule has 0 aromatic heterocycles. The fourth-order valence-electron chi connectivity index (χ4n) is 2.57. The Morgan fingerprint density at radius 1 is 1.08 bits per heavy atom. The van der Waals surface area contributed by atoms with Gasteiger partial charge in [0.2, 0.25) is 0 Å². The molecule has 2 aliphatic carbocycles. The smallest absolute Gasteiger partial charge is 0.00624 e. The number of thioether (sulfide) groups is 1. The zero-order chi connectivity index (χ0) is 9.10. The maximum atomic E-state index is 5.90. The average Bonchev–Trinajstić information content (AvgIpc) is 2.71. The van der Waals surface area contributed by atoms with Gasteiger partial charge in [0.1, 0.15) is 0 Å². The highest BCUT2D eigenvalue weighted by Crippen LogP contribution is 2.34. The topological polar surface area (TPSA) is 26.0 Å². The van der Waals surface area contributed by atoms with Gasteiger partial charge in [-0.1, -0.05) is 12.8 Å². The molecule has 13 heavy (non-hydrogen) atoms. The van der Waals surface area contributed by atoms with Gasteiger partial charge in [-0.25, -0.2) is 0 Å². The van der Waals surface area contributed by atoms with Crippen molar-refractivity contribution in [3.63, 3.8) is 0 Å². The summed E-state index contributed by atoms with van der Waals surface area (Å²) in [5.41, 5.74) is 5.90. The van der Waals surface area contributed by atoms with Crippen LogP contribution in [0.1, 0.15) is 44.9 Å². The van der Waals surface area contributed by atoms with E-state index in [4.69, 9.17) is 5.73 Å². The lowest BCUT2D eigenvalue weighted by Gasteiger charge is -2.12. The molecule has 2 atom stereocenters. The number of hydrogen-bond donors (Lipinski definition) is 1. The van der Waals surface area contributed by atoms with Crippen LogP contribution in [0, 0.1) is 5.92 Å². The van der Waals surface area contributed by atoms with Crippen LogP contribution in [-0.2, 0) is 0 Å². The lowest BCUT2D eigenvalue weighted by Crippen LogP contribution is -2.15. The van der Waals surface area contributed by atoms with Crippen LogP contribution in [0.25, 0.3) is 0 Å². The van der Waals surface area contributed by atoms with Gasteiger partial charge >= 0.3 is 0 Å². The van der Waals surface area contributed by atoms with E-state index in [1.54, 1.807) is 0 Å². The molecular formula is C11H21NS. The zero-order valence-electron chi connectivity index (χ0n) is 8.37. The van der Waals surface area contributed by atoms with E-state index in [0.717, 1.165) is 11.2 Å². The second-order valence-corrected chi connectivity index (χ2v) is 6.01. The van der Waals surface area contributed by atoms with Crippen molar-refractivity contribution in [1.29, 1.82) is 0 Å². The molecular weight excluding hydrogens is 178 g/mol. The Bertz CT molecular complexity index is 154. The Hall–Kier alpha value is 0.310. The molecule has 2 saturated carbocycles. The normalized spacial score (nSPS) is 35.8. The Labute approximate surface area is 85.8 Å². The van der Waals surface area contributed by atoms with Gasteiger partial charge in [-0.2, -0.15) is 11.8 Å². The Balaban J connectivity index is 1.62. The molecule has 0 saturated heterocycles. The third-order valence-corrected chi connectivity index (χ3v) is 5.03. The Morgan fingerprint density at radius 2 is 1.85 bits per heavy atom. The van der Waals surface area contributed by atoms with Crippen LogP contribution in [0.15, 0.2) is 0 Å². The molecule has 2 heteroatoms. The van der Waals surface area contributed by atoms with E-state index in [-0.39, 0.29) is 0 Å². The van der Waals surface area contributed by atoms with E-state index in [1.807, 2.05) is 0 Å². The van der Waals surface area contributed by atoms with Crippen molar-refractivity contribution in [1.82, 2.24) is 0 Å². The highest BCUT2D eigenvalue weighted by atomic mass is 32.2. The fraction of sp³-hybridized carbons (Fsp3) is 1.00. The van der Waals surface area contributed by atoms with E-state index in [1.165, 1.54) is 50.7 Å². The molecule has 2 unspecified atom stereocenters. The van der Waals surface area contributed by atoms with E-state index in [2.05, 4.69) is 11.8 Å². The highest BCUT2D eigenvalue weighted by Gasteiger charge is 2.23. The van der Waals surface area contributed by atoms with Gasteiger partial charge in [0, 0.05) is 11.3 Å². The molecule has 0 aromatic carbocycles. The largest absolute Gasteiger partial charge is 0.328 e. The van der Waals surface area contributed by atoms with E-state index < -0.39 is 0 Å². The minimum atomic E-state index is 0.515. The zero-order valence-corrected chi connectivity index (χ0v) is 9.19. The van der Waals surface area contributed by atoms with Gasteiger partial charge in [0.25, 0.3) is 0 Å². The molecule has 0 radical (unpaired) electrons. The number of rotatable bonds is 3. The minimum absolute atomic E-state index is 0.515. The van der Waals surface area contributed by atoms with Crippen LogP contribution in [0.4, 0.5) is 0 Å². The SMILES string of the molecule is NC1CCC(SCC2CCCC2)C1. The van der Waals surface area contributed by atoms with Gasteiger partial charge in [0.05, 0.1) is 0 Å². The second kappa shape index (κ2) is 4.70. The molecule has 2 rings (SSSR count). The van der Waals surface area contributed by atoms with E-state index in [9.17, 15) is 0 Å². The molecule has 2 aliphatic rings. The maximum absolute atomic E-state index is 5.90. The summed E-state index contributed by atoms with van der Waals surface area (Å²) in [5, 5.41) is 0.899. The summed E-state index contributed by atoms with van der Waals surface area (Å²) in [7, 11) is 0. The summed E-state index contributed by atoms with van der Waals surface area (Å²) >= 11 is 2.21. The molecule has 0 aromatic rings. The minimum Gasteiger partial charge on any atom is -0.328 e. The first-order valence-electron chi connectivity index (χ1n) is 5.72. The molecule has 1 nitrogen and oxygen atoms in total. The monoisotopic (exact) mass is 199 g/mol. The Kier molecular flexibility index (Phi) is 3.56. The molecule has 2 N–H and O–H groups in total. The molecule has 0 amide bonds. The number of nitrogens with two attached hydrogens (primary N) is 1. The fourth-order valence-corrected chi connectivity index (χ4v) is 4.14. The van der Waals surface area contributed by atoms with Gasteiger partial charge in [-0.05, 0) is 43.8 Å². The highest BCUT2D eigenvalue weighted by molar-refractivity contribution is 7.99. The predicted octanol–water partition coefficient (Wildman–Crippen LogP) is 2.79. The van der Waals surface area contributed by atoms with Gasteiger partial charge < -0.3 is 5.73 Å². The first kappa shape index (κ1) is 9.85. The Morgan fingerprint density at radius 3 is 2.46 bits per heavy atom. The van der Waals surface area contributed by atoms with Crippen LogP contribution in [-0.4, -0.2) is 17.0 Å². The summed E-state index contributed by atoms with van der Waals surface area (Å²) in [4.78, 5) is 0. The summed E-state index contributed by atoms with van der Waals surface area (Å²) < 4.78 is 0. The van der Waals surface area contributed by atoms with Gasteiger partial charge in [0.15, 0.2) is 0 Å². The lowest BCUT2D eigenvalue weighted by atomic mass is 10.1. The van der Waals surface area contributed by atoms with Crippen LogP contribution in [0.2, 0.25) is 0 Å². The standard InChI is InChI=1S/C11H21NS/c12-10-5-6-11(7-10)13-8-9-3-1-2-4-9/h9-11H,1-8,12H2. The van der Waals surface area contributed by atoms with Gasteiger partial charge in [-0.15, -0.1) is 0 Å². The summed E-state index contributed by atoms with van der Waals surface area (Å²) in [6, 6.07) is 0.515. The van der Waals surface area contributed by atoms with Crippen LogP contribution in [0.3, 0.4) is 0 Å². The van der Waals surface area contributed by atoms with E-state index in [0.29, 0.717) is 6.04 Å². The first-order chi connectivity index (χ1) is 6.34. The van der Waals surface area contributed by atoms with Crippen LogP contribution < -0.4 is 5.73 Å². The first-order valence-corrected chi connectivity index (χ1v) is 6.76. The summed E-state index contributed by atoms with van der Waals surface area (Å²) in [5.74, 6) is 2.46. The predicted molar refractivity (Wildman–Crippen MR) is 60.0 cm³/mol. The van der Waals surface area contributed by atoms with Crippen LogP contribution >= 0.6 is 11.8 Å². The molecule has 0 heterocycles. The number of hydrogen-bond acceptors (Lipinski definition) is 2. The molecule has 2 fully saturated rings. The van der Waals surface area contributed by atoms with Crippen molar-refractivity contribution in [2.24, 2.45) is 11.7 Å². The van der Waals surface area contributed by atoms with Crippen molar-refractivity contribution in [3.05, 3.63) is 0 Å². The third kappa shape index (κ3) is 2.88. The van der Waals surface area contributed by atoms with Crippen molar-refractivity contribution in [2.75, 3.05) is 5.75 Å². The van der Waals surface area contributed by atoms with Gasteiger partial charge in [-0.3, -0.25) is 0 Å². The quantitative estimate of drug-likeness (QED) is 0.756. The second-order valence-electron chi connectivity index (χ2n) is 4.68. The molecule has 76 valence electrons. The van der Waals surface area contributed by atoms with Crippen molar-refractivity contribution in [2.45, 2.75) is 56.2 Å². The average molecular weight is 199 g/mol. The van der Waals surface area contributed by atoms with Crippen molar-refractivity contribution >= 4 is 11.8 Å². The molecule has 0 bridgehead atoms. The van der Waals surface area contributed by atoms with Crippen LogP contribution in [0.5, 0.6) is 0 Å². The van der Waals surface area contributed by atoms with E-state index >= 15 is 0 Å². The lowest BCUT2D eigenvalue weighted by molar-refractivity contribution is 0.621. The molecule has 0 spiro atoms.